The van der Waals surface area contributed by atoms with E-state index in [4.69, 9.17) is 9.15 Å². The van der Waals surface area contributed by atoms with Crippen LogP contribution in [0.25, 0.3) is 0 Å². The van der Waals surface area contributed by atoms with Crippen LogP contribution in [0.2, 0.25) is 0 Å². The lowest BCUT2D eigenvalue weighted by atomic mass is 10.2. The van der Waals surface area contributed by atoms with Gasteiger partial charge in [-0.3, -0.25) is 9.59 Å². The fourth-order valence-corrected chi connectivity index (χ4v) is 3.55. The number of carbonyl (C=O) groups excluding carboxylic acids is 2. The highest BCUT2D eigenvalue weighted by atomic mass is 16.5. The van der Waals surface area contributed by atoms with E-state index < -0.39 is 6.10 Å². The Balaban J connectivity index is 1.27. The Labute approximate surface area is 181 Å². The summed E-state index contributed by atoms with van der Waals surface area (Å²) >= 11 is 0. The molecule has 3 aromatic rings. The SMILES string of the molecule is C[C@H](Oc1ccc(NC(=O)c2ccco2)cc1)C(=O)N1CCN(c2ccccc2)CC1. The summed E-state index contributed by atoms with van der Waals surface area (Å²) in [5.41, 5.74) is 1.79. The molecule has 2 amide bonds. The molecular weight excluding hydrogens is 394 g/mol. The zero-order valence-corrected chi connectivity index (χ0v) is 17.4. The highest BCUT2D eigenvalue weighted by Crippen LogP contribution is 2.20. The van der Waals surface area contributed by atoms with Gasteiger partial charge in [0.05, 0.1) is 6.26 Å². The average Bonchev–Trinajstić information content (AvgIpc) is 3.36. The quantitative estimate of drug-likeness (QED) is 0.660. The molecule has 1 aliphatic heterocycles. The molecule has 1 aromatic heterocycles. The van der Waals surface area contributed by atoms with Crippen LogP contribution in [0.3, 0.4) is 0 Å². The lowest BCUT2D eigenvalue weighted by Crippen LogP contribution is -2.52. The maximum Gasteiger partial charge on any atom is 0.291 e. The second kappa shape index (κ2) is 9.38. The summed E-state index contributed by atoms with van der Waals surface area (Å²) in [6.07, 6.45) is 0.859. The van der Waals surface area contributed by atoms with Gasteiger partial charge >= 0.3 is 0 Å². The lowest BCUT2D eigenvalue weighted by molar-refractivity contribution is -0.138. The minimum Gasteiger partial charge on any atom is -0.481 e. The molecule has 1 saturated heterocycles. The standard InChI is InChI=1S/C24H25N3O4/c1-18(24(29)27-15-13-26(14-16-27)20-6-3-2-4-7-20)31-21-11-9-19(10-12-21)25-23(28)22-8-5-17-30-22/h2-12,17-18H,13-16H2,1H3,(H,25,28)/t18-/m0/s1. The van der Waals surface area contributed by atoms with E-state index in [1.165, 1.54) is 12.0 Å². The number of para-hydroxylation sites is 1. The molecule has 1 N–H and O–H groups in total. The van der Waals surface area contributed by atoms with E-state index in [0.717, 1.165) is 13.1 Å². The van der Waals surface area contributed by atoms with Crippen molar-refractivity contribution in [1.82, 2.24) is 4.90 Å². The topological polar surface area (TPSA) is 75.0 Å². The number of benzene rings is 2. The number of amides is 2. The maximum absolute atomic E-state index is 12.8. The van der Waals surface area contributed by atoms with Gasteiger partial charge in [0.1, 0.15) is 5.75 Å². The first-order chi connectivity index (χ1) is 15.1. The van der Waals surface area contributed by atoms with Gasteiger partial charge in [0.2, 0.25) is 0 Å². The number of piperazine rings is 1. The number of furan rings is 1. The Morgan fingerprint density at radius 2 is 1.65 bits per heavy atom. The third-order valence-electron chi connectivity index (χ3n) is 5.23. The summed E-state index contributed by atoms with van der Waals surface area (Å²) in [6, 6.07) is 20.4. The summed E-state index contributed by atoms with van der Waals surface area (Å²) in [6.45, 7) is 4.69. The van der Waals surface area contributed by atoms with Gasteiger partial charge in [0.15, 0.2) is 11.9 Å². The van der Waals surface area contributed by atoms with Crippen LogP contribution < -0.4 is 15.0 Å². The van der Waals surface area contributed by atoms with Crippen LogP contribution >= 0.6 is 0 Å². The van der Waals surface area contributed by atoms with Crippen LogP contribution in [-0.2, 0) is 4.79 Å². The van der Waals surface area contributed by atoms with Crippen LogP contribution in [-0.4, -0.2) is 49.0 Å². The Morgan fingerprint density at radius 3 is 2.29 bits per heavy atom. The van der Waals surface area contributed by atoms with Gasteiger partial charge in [-0.05, 0) is 55.5 Å². The predicted molar refractivity (Wildman–Crippen MR) is 118 cm³/mol. The molecule has 160 valence electrons. The number of nitrogens with one attached hydrogen (secondary N) is 1. The number of anilines is 2. The van der Waals surface area contributed by atoms with Gasteiger partial charge in [0, 0.05) is 37.6 Å². The molecule has 1 atom stereocenters. The van der Waals surface area contributed by atoms with Crippen molar-refractivity contribution in [3.8, 4) is 5.75 Å². The van der Waals surface area contributed by atoms with Gasteiger partial charge in [-0.25, -0.2) is 0 Å². The second-order valence-electron chi connectivity index (χ2n) is 7.36. The van der Waals surface area contributed by atoms with Crippen molar-refractivity contribution in [2.45, 2.75) is 13.0 Å². The van der Waals surface area contributed by atoms with Crippen LogP contribution in [0.15, 0.2) is 77.4 Å². The molecule has 2 heterocycles. The molecule has 1 fully saturated rings. The van der Waals surface area contributed by atoms with E-state index in [1.54, 1.807) is 43.3 Å². The first-order valence-electron chi connectivity index (χ1n) is 10.3. The molecule has 0 spiro atoms. The Kier molecular flexibility index (Phi) is 6.21. The molecular formula is C24H25N3O4. The van der Waals surface area contributed by atoms with Crippen LogP contribution in [0.1, 0.15) is 17.5 Å². The molecule has 31 heavy (non-hydrogen) atoms. The zero-order chi connectivity index (χ0) is 21.6. The molecule has 4 rings (SSSR count). The molecule has 2 aromatic carbocycles. The molecule has 7 heteroatoms. The van der Waals surface area contributed by atoms with E-state index in [-0.39, 0.29) is 17.6 Å². The Bertz CT molecular complexity index is 995. The number of carbonyl (C=O) groups is 2. The fraction of sp³-hybridized carbons (Fsp3) is 0.250. The number of hydrogen-bond donors (Lipinski definition) is 1. The average molecular weight is 419 g/mol. The third-order valence-corrected chi connectivity index (χ3v) is 5.23. The smallest absolute Gasteiger partial charge is 0.291 e. The molecule has 7 nitrogen and oxygen atoms in total. The highest BCUT2D eigenvalue weighted by molar-refractivity contribution is 6.02. The summed E-state index contributed by atoms with van der Waals surface area (Å²) in [4.78, 5) is 29.0. The monoisotopic (exact) mass is 419 g/mol. The highest BCUT2D eigenvalue weighted by Gasteiger charge is 2.26. The number of ether oxygens (including phenoxy) is 1. The molecule has 0 bridgehead atoms. The van der Waals surface area contributed by atoms with Crippen molar-refractivity contribution in [2.24, 2.45) is 0 Å². The zero-order valence-electron chi connectivity index (χ0n) is 17.4. The van der Waals surface area contributed by atoms with E-state index >= 15 is 0 Å². The first kappa shape index (κ1) is 20.5. The van der Waals surface area contributed by atoms with Crippen molar-refractivity contribution >= 4 is 23.2 Å². The molecule has 0 radical (unpaired) electrons. The number of hydrogen-bond acceptors (Lipinski definition) is 5. The van der Waals surface area contributed by atoms with Crippen LogP contribution in [0.5, 0.6) is 5.75 Å². The number of rotatable bonds is 6. The fourth-order valence-electron chi connectivity index (χ4n) is 3.55. The van der Waals surface area contributed by atoms with Gasteiger partial charge in [0.25, 0.3) is 11.8 Å². The first-order valence-corrected chi connectivity index (χ1v) is 10.3. The molecule has 1 aliphatic rings. The normalized spacial score (nSPS) is 14.7. The van der Waals surface area contributed by atoms with Crippen LogP contribution in [0.4, 0.5) is 11.4 Å². The van der Waals surface area contributed by atoms with Crippen molar-refractivity contribution in [3.63, 3.8) is 0 Å². The summed E-state index contributed by atoms with van der Waals surface area (Å²) < 4.78 is 10.9. The molecule has 0 saturated carbocycles. The predicted octanol–water partition coefficient (Wildman–Crippen LogP) is 3.65. The van der Waals surface area contributed by atoms with Crippen molar-refractivity contribution < 1.29 is 18.7 Å². The van der Waals surface area contributed by atoms with E-state index in [1.807, 2.05) is 23.1 Å². The molecule has 0 unspecified atom stereocenters. The minimum atomic E-state index is -0.591. The van der Waals surface area contributed by atoms with Gasteiger partial charge in [-0.2, -0.15) is 0 Å². The summed E-state index contributed by atoms with van der Waals surface area (Å²) in [5, 5.41) is 2.75. The Hall–Kier alpha value is -3.74. The van der Waals surface area contributed by atoms with Crippen molar-refractivity contribution in [2.75, 3.05) is 36.4 Å². The third kappa shape index (κ3) is 5.06. The van der Waals surface area contributed by atoms with E-state index in [0.29, 0.717) is 24.5 Å². The van der Waals surface area contributed by atoms with E-state index in [9.17, 15) is 9.59 Å². The second-order valence-corrected chi connectivity index (χ2v) is 7.36. The minimum absolute atomic E-state index is 0.0251. The largest absolute Gasteiger partial charge is 0.481 e. The maximum atomic E-state index is 12.8. The van der Waals surface area contributed by atoms with Gasteiger partial charge < -0.3 is 24.3 Å². The lowest BCUT2D eigenvalue weighted by Gasteiger charge is -2.37. The Morgan fingerprint density at radius 1 is 0.935 bits per heavy atom. The summed E-state index contributed by atoms with van der Waals surface area (Å²) in [7, 11) is 0. The molecule has 0 aliphatic carbocycles. The summed E-state index contributed by atoms with van der Waals surface area (Å²) in [5.74, 6) is 0.464. The van der Waals surface area contributed by atoms with Gasteiger partial charge in [-0.15, -0.1) is 0 Å². The van der Waals surface area contributed by atoms with Crippen LogP contribution in [0, 0.1) is 0 Å². The van der Waals surface area contributed by atoms with Crippen molar-refractivity contribution in [1.29, 1.82) is 0 Å². The van der Waals surface area contributed by atoms with Crippen molar-refractivity contribution in [3.05, 3.63) is 78.8 Å². The van der Waals surface area contributed by atoms with Gasteiger partial charge in [-0.1, -0.05) is 18.2 Å². The van der Waals surface area contributed by atoms with E-state index in [2.05, 4.69) is 22.3 Å². The number of nitrogens with zero attached hydrogens (tertiary/aromatic N) is 2.